The van der Waals surface area contributed by atoms with E-state index in [1.54, 1.807) is 18.2 Å². The molecule has 0 aliphatic carbocycles. The minimum absolute atomic E-state index is 0.267. The van der Waals surface area contributed by atoms with E-state index in [2.05, 4.69) is 11.4 Å². The largest absolute Gasteiger partial charge is 0.309 e. The monoisotopic (exact) mass is 274 g/mol. The maximum atomic E-state index is 13.5. The van der Waals surface area contributed by atoms with E-state index in [-0.39, 0.29) is 5.82 Å². The summed E-state index contributed by atoms with van der Waals surface area (Å²) in [7, 11) is 0. The Balaban J connectivity index is 1.92. The van der Waals surface area contributed by atoms with Crippen LogP contribution in [0, 0.1) is 17.1 Å². The highest BCUT2D eigenvalue weighted by molar-refractivity contribution is 6.30. The lowest BCUT2D eigenvalue weighted by Gasteiger charge is -2.06. The van der Waals surface area contributed by atoms with Gasteiger partial charge < -0.3 is 5.32 Å². The molecule has 0 unspecified atom stereocenters. The standard InChI is InChI=1S/C15H12ClFN2/c16-14-5-6-15(17)13(7-14)10-19-9-12-3-1-11(8-18)2-4-12/h1-7,19H,9-10H2. The molecule has 0 amide bonds. The van der Waals surface area contributed by atoms with Gasteiger partial charge in [-0.15, -0.1) is 0 Å². The third-order valence-electron chi connectivity index (χ3n) is 2.74. The van der Waals surface area contributed by atoms with Gasteiger partial charge in [0, 0.05) is 23.7 Å². The van der Waals surface area contributed by atoms with Crippen molar-refractivity contribution in [1.82, 2.24) is 5.32 Å². The summed E-state index contributed by atoms with van der Waals surface area (Å²) in [6, 6.07) is 13.8. The molecule has 0 aromatic heterocycles. The second-order valence-corrected chi connectivity index (χ2v) is 4.58. The van der Waals surface area contributed by atoms with E-state index in [4.69, 9.17) is 16.9 Å². The molecule has 0 heterocycles. The second-order valence-electron chi connectivity index (χ2n) is 4.15. The van der Waals surface area contributed by atoms with Gasteiger partial charge in [0.2, 0.25) is 0 Å². The molecule has 0 bridgehead atoms. The Morgan fingerprint density at radius 2 is 1.84 bits per heavy atom. The highest BCUT2D eigenvalue weighted by atomic mass is 35.5. The van der Waals surface area contributed by atoms with Crippen LogP contribution in [0.15, 0.2) is 42.5 Å². The van der Waals surface area contributed by atoms with Crippen molar-refractivity contribution in [3.8, 4) is 6.07 Å². The highest BCUT2D eigenvalue weighted by Gasteiger charge is 2.02. The quantitative estimate of drug-likeness (QED) is 0.924. The molecule has 1 N–H and O–H groups in total. The average Bonchev–Trinajstić information content (AvgIpc) is 2.43. The van der Waals surface area contributed by atoms with E-state index < -0.39 is 0 Å². The molecule has 0 fully saturated rings. The molecule has 2 nitrogen and oxygen atoms in total. The minimum atomic E-state index is -0.267. The molecule has 0 aliphatic rings. The van der Waals surface area contributed by atoms with Crippen molar-refractivity contribution in [2.24, 2.45) is 0 Å². The SMILES string of the molecule is N#Cc1ccc(CNCc2cc(Cl)ccc2F)cc1. The first-order valence-corrected chi connectivity index (χ1v) is 6.20. The fourth-order valence-corrected chi connectivity index (χ4v) is 1.91. The van der Waals surface area contributed by atoms with Crippen LogP contribution in [-0.4, -0.2) is 0 Å². The van der Waals surface area contributed by atoms with Crippen LogP contribution >= 0.6 is 11.6 Å². The van der Waals surface area contributed by atoms with Gasteiger partial charge in [0.1, 0.15) is 5.82 Å². The Kier molecular flexibility index (Phi) is 4.51. The Labute approximate surface area is 116 Å². The maximum Gasteiger partial charge on any atom is 0.127 e. The lowest BCUT2D eigenvalue weighted by Crippen LogP contribution is -2.13. The Hall–Kier alpha value is -1.89. The van der Waals surface area contributed by atoms with Gasteiger partial charge in [-0.25, -0.2) is 4.39 Å². The lowest BCUT2D eigenvalue weighted by atomic mass is 10.1. The highest BCUT2D eigenvalue weighted by Crippen LogP contribution is 2.14. The van der Waals surface area contributed by atoms with Gasteiger partial charge in [-0.05, 0) is 35.9 Å². The van der Waals surface area contributed by atoms with Crippen molar-refractivity contribution in [3.63, 3.8) is 0 Å². The van der Waals surface area contributed by atoms with E-state index in [0.717, 1.165) is 5.56 Å². The van der Waals surface area contributed by atoms with Gasteiger partial charge in [0.15, 0.2) is 0 Å². The molecule has 0 saturated heterocycles. The van der Waals surface area contributed by atoms with Crippen molar-refractivity contribution in [1.29, 1.82) is 5.26 Å². The van der Waals surface area contributed by atoms with Crippen molar-refractivity contribution in [3.05, 3.63) is 70.0 Å². The minimum Gasteiger partial charge on any atom is -0.309 e. The van der Waals surface area contributed by atoms with Crippen LogP contribution < -0.4 is 5.32 Å². The molecule has 19 heavy (non-hydrogen) atoms. The summed E-state index contributed by atoms with van der Waals surface area (Å²) in [6.45, 7) is 1.02. The van der Waals surface area contributed by atoms with Gasteiger partial charge in [-0.2, -0.15) is 5.26 Å². The van der Waals surface area contributed by atoms with Crippen molar-refractivity contribution >= 4 is 11.6 Å². The summed E-state index contributed by atoms with van der Waals surface area (Å²) >= 11 is 5.82. The average molecular weight is 275 g/mol. The van der Waals surface area contributed by atoms with Gasteiger partial charge in [0.25, 0.3) is 0 Å². The third-order valence-corrected chi connectivity index (χ3v) is 2.97. The molecule has 0 spiro atoms. The van der Waals surface area contributed by atoms with Crippen LogP contribution in [0.3, 0.4) is 0 Å². The molecule has 2 rings (SSSR count). The van der Waals surface area contributed by atoms with E-state index in [1.165, 1.54) is 12.1 Å². The normalized spacial score (nSPS) is 10.2. The summed E-state index contributed by atoms with van der Waals surface area (Å²) in [4.78, 5) is 0. The van der Waals surface area contributed by atoms with Crippen LogP contribution in [0.4, 0.5) is 4.39 Å². The maximum absolute atomic E-state index is 13.5. The zero-order chi connectivity index (χ0) is 13.7. The summed E-state index contributed by atoms with van der Waals surface area (Å²) < 4.78 is 13.5. The van der Waals surface area contributed by atoms with Gasteiger partial charge in [-0.3, -0.25) is 0 Å². The van der Waals surface area contributed by atoms with E-state index in [9.17, 15) is 4.39 Å². The zero-order valence-corrected chi connectivity index (χ0v) is 10.9. The Morgan fingerprint density at radius 3 is 2.53 bits per heavy atom. The first-order chi connectivity index (χ1) is 9.19. The van der Waals surface area contributed by atoms with Crippen molar-refractivity contribution in [2.45, 2.75) is 13.1 Å². The summed E-state index contributed by atoms with van der Waals surface area (Å²) in [5.74, 6) is -0.267. The summed E-state index contributed by atoms with van der Waals surface area (Å²) in [6.07, 6.45) is 0. The van der Waals surface area contributed by atoms with Crippen LogP contribution in [0.1, 0.15) is 16.7 Å². The lowest BCUT2D eigenvalue weighted by molar-refractivity contribution is 0.588. The van der Waals surface area contributed by atoms with Crippen LogP contribution in [0.2, 0.25) is 5.02 Å². The molecule has 0 aliphatic heterocycles. The van der Waals surface area contributed by atoms with Gasteiger partial charge in [0.05, 0.1) is 11.6 Å². The molecule has 2 aromatic rings. The fourth-order valence-electron chi connectivity index (χ4n) is 1.72. The molecule has 0 saturated carbocycles. The third kappa shape index (κ3) is 3.78. The summed E-state index contributed by atoms with van der Waals surface area (Å²) in [5.41, 5.74) is 2.22. The molecular formula is C15H12ClFN2. The molecule has 0 atom stereocenters. The van der Waals surface area contributed by atoms with Crippen LogP contribution in [0.25, 0.3) is 0 Å². The molecule has 0 radical (unpaired) electrons. The topological polar surface area (TPSA) is 35.8 Å². The zero-order valence-electron chi connectivity index (χ0n) is 10.2. The predicted octanol–water partition coefficient (Wildman–Crippen LogP) is 3.64. The first-order valence-electron chi connectivity index (χ1n) is 5.83. The smallest absolute Gasteiger partial charge is 0.127 e. The number of hydrogen-bond donors (Lipinski definition) is 1. The van der Waals surface area contributed by atoms with E-state index in [0.29, 0.717) is 29.2 Å². The molecule has 96 valence electrons. The van der Waals surface area contributed by atoms with Crippen molar-refractivity contribution < 1.29 is 4.39 Å². The first kappa shape index (κ1) is 13.5. The number of halogens is 2. The summed E-state index contributed by atoms with van der Waals surface area (Å²) in [5, 5.41) is 12.4. The van der Waals surface area contributed by atoms with Gasteiger partial charge in [-0.1, -0.05) is 23.7 Å². The predicted molar refractivity (Wildman–Crippen MR) is 73.1 cm³/mol. The van der Waals surface area contributed by atoms with E-state index in [1.807, 2.05) is 12.1 Å². The number of nitrogens with one attached hydrogen (secondary N) is 1. The Bertz CT molecular complexity index is 603. The molecular weight excluding hydrogens is 263 g/mol. The number of hydrogen-bond acceptors (Lipinski definition) is 2. The van der Waals surface area contributed by atoms with E-state index >= 15 is 0 Å². The van der Waals surface area contributed by atoms with Crippen LogP contribution in [-0.2, 0) is 13.1 Å². The number of nitrogens with zero attached hydrogens (tertiary/aromatic N) is 1. The number of nitriles is 1. The fraction of sp³-hybridized carbons (Fsp3) is 0.133. The van der Waals surface area contributed by atoms with Crippen LogP contribution in [0.5, 0.6) is 0 Å². The molecule has 2 aromatic carbocycles. The van der Waals surface area contributed by atoms with Crippen molar-refractivity contribution in [2.75, 3.05) is 0 Å². The number of benzene rings is 2. The number of rotatable bonds is 4. The Morgan fingerprint density at radius 1 is 1.11 bits per heavy atom. The molecule has 4 heteroatoms. The second kappa shape index (κ2) is 6.33. The van der Waals surface area contributed by atoms with Gasteiger partial charge >= 0.3 is 0 Å².